The van der Waals surface area contributed by atoms with Crippen molar-refractivity contribution < 1.29 is 19.0 Å². The number of nitrogens with zero attached hydrogens (tertiary/aromatic N) is 1. The second kappa shape index (κ2) is 5.86. The zero-order chi connectivity index (χ0) is 13.7. The summed E-state index contributed by atoms with van der Waals surface area (Å²) in [5.74, 6) is 0.775. The molecule has 19 heavy (non-hydrogen) atoms. The number of hydrogen-bond donors (Lipinski definition) is 0. The number of hydrogen-bond acceptors (Lipinski definition) is 5. The third-order valence-electron chi connectivity index (χ3n) is 2.45. The van der Waals surface area contributed by atoms with Crippen LogP contribution in [0.4, 0.5) is 0 Å². The molecular weight excluding hydrogens is 246 g/mol. The van der Waals surface area contributed by atoms with E-state index in [4.69, 9.17) is 14.2 Å². The summed E-state index contributed by atoms with van der Waals surface area (Å²) in [6.07, 6.45) is 1.55. The number of esters is 1. The van der Waals surface area contributed by atoms with Gasteiger partial charge in [0.15, 0.2) is 11.5 Å². The van der Waals surface area contributed by atoms with Crippen LogP contribution in [-0.4, -0.2) is 25.2 Å². The van der Waals surface area contributed by atoms with Gasteiger partial charge in [-0.25, -0.2) is 9.78 Å². The number of carbonyl (C=O) groups excluding carboxylic acids is 1. The van der Waals surface area contributed by atoms with E-state index >= 15 is 0 Å². The summed E-state index contributed by atoms with van der Waals surface area (Å²) in [5, 5.41) is 0. The number of methoxy groups -OCH3 is 2. The zero-order valence-electron chi connectivity index (χ0n) is 10.6. The Morgan fingerprint density at radius 1 is 1.05 bits per heavy atom. The second-order valence-corrected chi connectivity index (χ2v) is 3.63. The molecule has 2 rings (SSSR count). The molecule has 0 radical (unpaired) electrons. The predicted molar refractivity (Wildman–Crippen MR) is 68.7 cm³/mol. The molecule has 0 aliphatic rings. The highest BCUT2D eigenvalue weighted by atomic mass is 16.5. The number of ether oxygens (including phenoxy) is 3. The standard InChI is InChI=1S/C14H13NO4/c1-17-11-7-6-10(9-12(11)18-2)14(16)19-13-5-3-4-8-15-13/h3-9H,1-2H3. The maximum absolute atomic E-state index is 11.9. The molecule has 0 amide bonds. The minimum absolute atomic E-state index is 0.252. The fourth-order valence-corrected chi connectivity index (χ4v) is 1.52. The highest BCUT2D eigenvalue weighted by Gasteiger charge is 2.13. The molecule has 5 heteroatoms. The summed E-state index contributed by atoms with van der Waals surface area (Å²) in [7, 11) is 3.04. The minimum atomic E-state index is -0.500. The van der Waals surface area contributed by atoms with Crippen LogP contribution in [0.2, 0.25) is 0 Å². The molecule has 0 spiro atoms. The van der Waals surface area contributed by atoms with Crippen LogP contribution >= 0.6 is 0 Å². The summed E-state index contributed by atoms with van der Waals surface area (Å²) in [5.41, 5.74) is 0.364. The van der Waals surface area contributed by atoms with Crippen molar-refractivity contribution in [3.05, 3.63) is 48.2 Å². The first-order valence-electron chi connectivity index (χ1n) is 5.60. The van der Waals surface area contributed by atoms with Gasteiger partial charge in [0, 0.05) is 12.3 Å². The van der Waals surface area contributed by atoms with Gasteiger partial charge in [-0.05, 0) is 24.3 Å². The van der Waals surface area contributed by atoms with Gasteiger partial charge in [-0.3, -0.25) is 0 Å². The first-order valence-corrected chi connectivity index (χ1v) is 5.60. The monoisotopic (exact) mass is 259 g/mol. The molecule has 0 unspecified atom stereocenters. The van der Waals surface area contributed by atoms with Gasteiger partial charge < -0.3 is 14.2 Å². The molecule has 98 valence electrons. The van der Waals surface area contributed by atoms with Gasteiger partial charge in [-0.15, -0.1) is 0 Å². The summed E-state index contributed by atoms with van der Waals surface area (Å²) in [4.78, 5) is 15.8. The van der Waals surface area contributed by atoms with Gasteiger partial charge in [0.05, 0.1) is 19.8 Å². The minimum Gasteiger partial charge on any atom is -0.493 e. The van der Waals surface area contributed by atoms with E-state index in [-0.39, 0.29) is 5.88 Å². The number of rotatable bonds is 4. The molecular formula is C14H13NO4. The van der Waals surface area contributed by atoms with Crippen LogP contribution in [0.3, 0.4) is 0 Å². The van der Waals surface area contributed by atoms with E-state index in [1.165, 1.54) is 14.2 Å². The van der Waals surface area contributed by atoms with Gasteiger partial charge in [-0.2, -0.15) is 0 Å². The van der Waals surface area contributed by atoms with Gasteiger partial charge in [-0.1, -0.05) is 6.07 Å². The van der Waals surface area contributed by atoms with Crippen molar-refractivity contribution in [3.63, 3.8) is 0 Å². The van der Waals surface area contributed by atoms with E-state index in [0.29, 0.717) is 17.1 Å². The fourth-order valence-electron chi connectivity index (χ4n) is 1.52. The lowest BCUT2D eigenvalue weighted by molar-refractivity contribution is 0.0727. The molecule has 2 aromatic rings. The highest BCUT2D eigenvalue weighted by Crippen LogP contribution is 2.27. The van der Waals surface area contributed by atoms with Crippen LogP contribution in [0.1, 0.15) is 10.4 Å². The second-order valence-electron chi connectivity index (χ2n) is 3.63. The average Bonchev–Trinajstić information content (AvgIpc) is 2.47. The Bertz CT molecular complexity index is 569. The van der Waals surface area contributed by atoms with Crippen LogP contribution in [-0.2, 0) is 0 Å². The van der Waals surface area contributed by atoms with E-state index in [2.05, 4.69) is 4.98 Å². The van der Waals surface area contributed by atoms with Gasteiger partial charge in [0.25, 0.3) is 0 Å². The van der Waals surface area contributed by atoms with Crippen LogP contribution < -0.4 is 14.2 Å². The summed E-state index contributed by atoms with van der Waals surface area (Å²) in [6, 6.07) is 9.90. The number of aromatic nitrogens is 1. The van der Waals surface area contributed by atoms with Crippen molar-refractivity contribution in [2.75, 3.05) is 14.2 Å². The Labute approximate surface area is 110 Å². The Morgan fingerprint density at radius 2 is 1.84 bits per heavy atom. The quantitative estimate of drug-likeness (QED) is 0.789. The van der Waals surface area contributed by atoms with Crippen LogP contribution in [0, 0.1) is 0 Å². The summed E-state index contributed by atoms with van der Waals surface area (Å²) < 4.78 is 15.4. The van der Waals surface area contributed by atoms with Gasteiger partial charge in [0.1, 0.15) is 0 Å². The van der Waals surface area contributed by atoms with Crippen molar-refractivity contribution in [3.8, 4) is 17.4 Å². The molecule has 1 aromatic heterocycles. The van der Waals surface area contributed by atoms with Crippen molar-refractivity contribution in [2.45, 2.75) is 0 Å². The lowest BCUT2D eigenvalue weighted by Gasteiger charge is -2.09. The molecule has 0 saturated carbocycles. The zero-order valence-corrected chi connectivity index (χ0v) is 10.6. The smallest absolute Gasteiger partial charge is 0.344 e. The molecule has 0 aliphatic carbocycles. The first-order chi connectivity index (χ1) is 9.24. The Balaban J connectivity index is 2.20. The van der Waals surface area contributed by atoms with Gasteiger partial charge in [0.2, 0.25) is 5.88 Å². The molecule has 0 aliphatic heterocycles. The van der Waals surface area contributed by atoms with Crippen molar-refractivity contribution >= 4 is 5.97 Å². The lowest BCUT2D eigenvalue weighted by Crippen LogP contribution is -2.09. The molecule has 0 bridgehead atoms. The highest BCUT2D eigenvalue weighted by molar-refractivity contribution is 5.91. The molecule has 0 saturated heterocycles. The number of pyridine rings is 1. The SMILES string of the molecule is COc1ccc(C(=O)Oc2ccccn2)cc1OC. The first kappa shape index (κ1) is 12.9. The largest absolute Gasteiger partial charge is 0.493 e. The predicted octanol–water partition coefficient (Wildman–Crippen LogP) is 2.32. The van der Waals surface area contributed by atoms with Crippen LogP contribution in [0.15, 0.2) is 42.6 Å². The van der Waals surface area contributed by atoms with E-state index in [0.717, 1.165) is 0 Å². The topological polar surface area (TPSA) is 57.7 Å². The van der Waals surface area contributed by atoms with E-state index in [1.54, 1.807) is 42.6 Å². The van der Waals surface area contributed by atoms with Crippen molar-refractivity contribution in [2.24, 2.45) is 0 Å². The molecule has 1 heterocycles. The fraction of sp³-hybridized carbons (Fsp3) is 0.143. The van der Waals surface area contributed by atoms with E-state index in [9.17, 15) is 4.79 Å². The van der Waals surface area contributed by atoms with Crippen LogP contribution in [0.5, 0.6) is 17.4 Å². The third kappa shape index (κ3) is 3.01. The maximum Gasteiger partial charge on any atom is 0.344 e. The molecule has 0 N–H and O–H groups in total. The Morgan fingerprint density at radius 3 is 2.47 bits per heavy atom. The van der Waals surface area contributed by atoms with E-state index < -0.39 is 5.97 Å². The molecule has 5 nitrogen and oxygen atoms in total. The normalized spacial score (nSPS) is 9.79. The van der Waals surface area contributed by atoms with Crippen molar-refractivity contribution in [1.82, 2.24) is 4.98 Å². The lowest BCUT2D eigenvalue weighted by atomic mass is 10.2. The number of benzene rings is 1. The van der Waals surface area contributed by atoms with Crippen LogP contribution in [0.25, 0.3) is 0 Å². The van der Waals surface area contributed by atoms with E-state index in [1.807, 2.05) is 0 Å². The molecule has 0 fully saturated rings. The summed E-state index contributed by atoms with van der Waals surface area (Å²) in [6.45, 7) is 0. The Kier molecular flexibility index (Phi) is 3.97. The average molecular weight is 259 g/mol. The number of carbonyl (C=O) groups is 1. The third-order valence-corrected chi connectivity index (χ3v) is 2.45. The molecule has 1 aromatic carbocycles. The van der Waals surface area contributed by atoms with Crippen molar-refractivity contribution in [1.29, 1.82) is 0 Å². The van der Waals surface area contributed by atoms with Gasteiger partial charge >= 0.3 is 5.97 Å². The Hall–Kier alpha value is -2.56. The maximum atomic E-state index is 11.9. The summed E-state index contributed by atoms with van der Waals surface area (Å²) >= 11 is 0. The molecule has 0 atom stereocenters.